The van der Waals surface area contributed by atoms with Gasteiger partial charge in [-0.2, -0.15) is 0 Å². The Hall–Kier alpha value is -1.28. The van der Waals surface area contributed by atoms with Crippen LogP contribution in [0.4, 0.5) is 8.78 Å². The molecule has 5 nitrogen and oxygen atoms in total. The summed E-state index contributed by atoms with van der Waals surface area (Å²) in [6.45, 7) is 1.02. The second kappa shape index (κ2) is 8.01. The number of aliphatic hydroxyl groups is 1. The first-order valence-electron chi connectivity index (χ1n) is 7.23. The van der Waals surface area contributed by atoms with E-state index in [0.29, 0.717) is 26.1 Å². The van der Waals surface area contributed by atoms with Crippen LogP contribution in [0.5, 0.6) is 0 Å². The minimum atomic E-state index is -0.897. The lowest BCUT2D eigenvalue weighted by molar-refractivity contribution is -0.114. The summed E-state index contributed by atoms with van der Waals surface area (Å²) in [5.41, 5.74) is -1.10. The third-order valence-electron chi connectivity index (χ3n) is 3.73. The maximum Gasteiger partial charge on any atom is 0.254 e. The highest BCUT2D eigenvalue weighted by Gasteiger charge is 2.34. The number of rotatable bonds is 6. The van der Waals surface area contributed by atoms with Crippen molar-refractivity contribution in [1.82, 2.24) is 5.32 Å². The Balaban J connectivity index is 2.05. The molecule has 0 atom stereocenters. The van der Waals surface area contributed by atoms with Crippen LogP contribution in [-0.4, -0.2) is 49.6 Å². The van der Waals surface area contributed by atoms with Crippen molar-refractivity contribution in [3.8, 4) is 0 Å². The zero-order chi connectivity index (χ0) is 16.9. The minimum absolute atomic E-state index is 0.110. The number of amides is 1. The highest BCUT2D eigenvalue weighted by atomic mass is 35.5. The van der Waals surface area contributed by atoms with Crippen molar-refractivity contribution in [2.24, 2.45) is 0 Å². The van der Waals surface area contributed by atoms with E-state index < -0.39 is 28.7 Å². The highest BCUT2D eigenvalue weighted by molar-refractivity contribution is 6.30. The Kier molecular flexibility index (Phi) is 6.29. The highest BCUT2D eigenvalue weighted by Crippen LogP contribution is 2.25. The fourth-order valence-electron chi connectivity index (χ4n) is 2.41. The molecule has 1 heterocycles. The molecule has 0 aromatic heterocycles. The lowest BCUT2D eigenvalue weighted by Gasteiger charge is -2.37. The third-order valence-corrected chi connectivity index (χ3v) is 4.02. The first kappa shape index (κ1) is 18.1. The molecular formula is C15H18ClF2NO4. The van der Waals surface area contributed by atoms with E-state index in [1.807, 2.05) is 0 Å². The number of carbonyl (C=O) groups is 1. The molecule has 1 aliphatic heterocycles. The number of aliphatic hydroxyl groups excluding tert-OH is 1. The van der Waals surface area contributed by atoms with Crippen molar-refractivity contribution >= 4 is 17.5 Å². The van der Waals surface area contributed by atoms with Crippen LogP contribution in [-0.2, 0) is 9.47 Å². The van der Waals surface area contributed by atoms with Crippen LogP contribution in [0.3, 0.4) is 0 Å². The molecule has 0 unspecified atom stereocenters. The van der Waals surface area contributed by atoms with Crippen LogP contribution >= 0.6 is 11.6 Å². The van der Waals surface area contributed by atoms with Gasteiger partial charge in [0.15, 0.2) is 0 Å². The Bertz CT molecular complexity index is 565. The van der Waals surface area contributed by atoms with Crippen molar-refractivity contribution in [2.45, 2.75) is 18.4 Å². The van der Waals surface area contributed by atoms with Gasteiger partial charge < -0.3 is 19.9 Å². The van der Waals surface area contributed by atoms with Gasteiger partial charge in [-0.3, -0.25) is 4.79 Å². The van der Waals surface area contributed by atoms with Gasteiger partial charge in [0.1, 0.15) is 11.6 Å². The van der Waals surface area contributed by atoms with E-state index >= 15 is 0 Å². The number of nitrogens with one attached hydrogen (secondary N) is 1. The number of hydrogen-bond acceptors (Lipinski definition) is 4. The molecule has 0 aliphatic carbocycles. The molecule has 2 N–H and O–H groups in total. The van der Waals surface area contributed by atoms with E-state index in [2.05, 4.69) is 5.32 Å². The summed E-state index contributed by atoms with van der Waals surface area (Å²) >= 11 is 5.46. The van der Waals surface area contributed by atoms with Crippen LogP contribution < -0.4 is 5.32 Å². The number of hydrogen-bond donors (Lipinski definition) is 2. The average Bonchev–Trinajstić information content (AvgIpc) is 2.55. The monoisotopic (exact) mass is 349 g/mol. The lowest BCUT2D eigenvalue weighted by atomic mass is 9.93. The van der Waals surface area contributed by atoms with Gasteiger partial charge in [-0.15, -0.1) is 0 Å². The van der Waals surface area contributed by atoms with Crippen molar-refractivity contribution in [2.75, 3.05) is 33.0 Å². The molecule has 128 valence electrons. The molecule has 1 amide bonds. The van der Waals surface area contributed by atoms with E-state index in [1.165, 1.54) is 0 Å². The molecule has 1 fully saturated rings. The topological polar surface area (TPSA) is 67.8 Å². The second-order valence-electron chi connectivity index (χ2n) is 5.30. The molecule has 1 aliphatic rings. The second-order valence-corrected chi connectivity index (χ2v) is 5.70. The number of ether oxygens (including phenoxy) is 2. The Labute approximate surface area is 137 Å². The average molecular weight is 350 g/mol. The predicted octanol–water partition coefficient (Wildman–Crippen LogP) is 1.91. The van der Waals surface area contributed by atoms with E-state index in [0.717, 1.165) is 12.1 Å². The SMILES string of the molecule is O=C(NCC1(OCCO)CCOCC1)c1cc(F)c(Cl)cc1F. The maximum atomic E-state index is 13.7. The van der Waals surface area contributed by atoms with Crippen LogP contribution in [0.15, 0.2) is 12.1 Å². The van der Waals surface area contributed by atoms with Gasteiger partial charge in [0, 0.05) is 32.6 Å². The van der Waals surface area contributed by atoms with Gasteiger partial charge >= 0.3 is 0 Å². The van der Waals surface area contributed by atoms with E-state index in [-0.39, 0.29) is 24.8 Å². The molecule has 23 heavy (non-hydrogen) atoms. The number of benzene rings is 1. The molecule has 1 aromatic rings. The molecule has 2 rings (SSSR count). The van der Waals surface area contributed by atoms with Gasteiger partial charge in [0.25, 0.3) is 5.91 Å². The quantitative estimate of drug-likeness (QED) is 0.770. The van der Waals surface area contributed by atoms with Crippen molar-refractivity contribution in [3.63, 3.8) is 0 Å². The summed E-state index contributed by atoms with van der Waals surface area (Å²) in [6.07, 6.45) is 1.06. The molecular weight excluding hydrogens is 332 g/mol. The Morgan fingerprint density at radius 2 is 2.04 bits per heavy atom. The summed E-state index contributed by atoms with van der Waals surface area (Å²) in [7, 11) is 0. The van der Waals surface area contributed by atoms with Crippen molar-refractivity contribution in [3.05, 3.63) is 34.4 Å². The summed E-state index contributed by atoms with van der Waals surface area (Å²) in [5, 5.41) is 11.1. The van der Waals surface area contributed by atoms with Gasteiger partial charge in [-0.1, -0.05) is 11.6 Å². The van der Waals surface area contributed by atoms with E-state index in [9.17, 15) is 13.6 Å². The smallest absolute Gasteiger partial charge is 0.254 e. The normalized spacial score (nSPS) is 17.0. The number of halogens is 3. The molecule has 8 heteroatoms. The fraction of sp³-hybridized carbons (Fsp3) is 0.533. The van der Waals surface area contributed by atoms with Crippen molar-refractivity contribution < 1.29 is 28.2 Å². The van der Waals surface area contributed by atoms with Crippen LogP contribution in [0.2, 0.25) is 5.02 Å². The van der Waals surface area contributed by atoms with E-state index in [1.54, 1.807) is 0 Å². The summed E-state index contributed by atoms with van der Waals surface area (Å²) in [6, 6.07) is 1.52. The van der Waals surface area contributed by atoms with Gasteiger partial charge in [0.2, 0.25) is 0 Å². The minimum Gasteiger partial charge on any atom is -0.394 e. The van der Waals surface area contributed by atoms with Gasteiger partial charge in [0.05, 0.1) is 29.4 Å². The lowest BCUT2D eigenvalue weighted by Crippen LogP contribution is -2.49. The van der Waals surface area contributed by atoms with Crippen molar-refractivity contribution in [1.29, 1.82) is 0 Å². The van der Waals surface area contributed by atoms with E-state index in [4.69, 9.17) is 26.2 Å². The molecule has 0 spiro atoms. The zero-order valence-corrected chi connectivity index (χ0v) is 13.2. The Morgan fingerprint density at radius 3 is 2.70 bits per heavy atom. The third kappa shape index (κ3) is 4.60. The van der Waals surface area contributed by atoms with Crippen LogP contribution in [0.1, 0.15) is 23.2 Å². The first-order chi connectivity index (χ1) is 11.0. The van der Waals surface area contributed by atoms with Gasteiger partial charge in [-0.25, -0.2) is 8.78 Å². The Morgan fingerprint density at radius 1 is 1.35 bits per heavy atom. The standard InChI is InChI=1S/C15H18ClF2NO4/c16-11-8-12(17)10(7-13(11)18)14(21)19-9-15(23-6-3-20)1-4-22-5-2-15/h7-8,20H,1-6,9H2,(H,19,21). The zero-order valence-electron chi connectivity index (χ0n) is 12.4. The fourth-order valence-corrected chi connectivity index (χ4v) is 2.56. The van der Waals surface area contributed by atoms with Crippen LogP contribution in [0, 0.1) is 11.6 Å². The van der Waals surface area contributed by atoms with Crippen LogP contribution in [0.25, 0.3) is 0 Å². The molecule has 1 aromatic carbocycles. The number of carbonyl (C=O) groups excluding carboxylic acids is 1. The summed E-state index contributed by atoms with van der Waals surface area (Å²) in [4.78, 5) is 12.1. The predicted molar refractivity (Wildman–Crippen MR) is 79.5 cm³/mol. The first-order valence-corrected chi connectivity index (χ1v) is 7.60. The molecule has 1 saturated heterocycles. The molecule has 0 radical (unpaired) electrons. The largest absolute Gasteiger partial charge is 0.394 e. The molecule has 0 bridgehead atoms. The summed E-state index contributed by atoms with van der Waals surface area (Å²) in [5.74, 6) is -2.52. The maximum absolute atomic E-state index is 13.7. The molecule has 0 saturated carbocycles. The van der Waals surface area contributed by atoms with Gasteiger partial charge in [-0.05, 0) is 12.1 Å². The summed E-state index contributed by atoms with van der Waals surface area (Å²) < 4.78 is 38.1.